The molecule has 1 saturated heterocycles. The molecule has 126 valence electrons. The standard InChI is InChI=1S/C18H25NO4/c1-18(2,3)23-17(21)19-11-15(9-10-20)16(12-19)22-13-14-7-5-4-6-8-14/h4-8,10,15-16H,9,11-13H2,1-3H3/t15-,16-/m0/s1. The van der Waals surface area contributed by atoms with E-state index in [-0.39, 0.29) is 18.1 Å². The maximum Gasteiger partial charge on any atom is 0.410 e. The maximum absolute atomic E-state index is 12.2. The van der Waals surface area contributed by atoms with Gasteiger partial charge in [0.2, 0.25) is 0 Å². The van der Waals surface area contributed by atoms with Crippen molar-refractivity contribution in [1.29, 1.82) is 0 Å². The fourth-order valence-electron chi connectivity index (χ4n) is 2.63. The van der Waals surface area contributed by atoms with Gasteiger partial charge in [-0.05, 0) is 26.3 Å². The SMILES string of the molecule is CC(C)(C)OC(=O)N1C[C@H](CC=O)[C@@H](OCc2ccccc2)C1. The van der Waals surface area contributed by atoms with Crippen molar-refractivity contribution < 1.29 is 19.1 Å². The van der Waals surface area contributed by atoms with Crippen LogP contribution in [0, 0.1) is 5.92 Å². The zero-order valence-electron chi connectivity index (χ0n) is 14.0. The van der Waals surface area contributed by atoms with Crippen molar-refractivity contribution in [2.24, 2.45) is 5.92 Å². The molecule has 2 rings (SSSR count). The van der Waals surface area contributed by atoms with Crippen LogP contribution in [-0.2, 0) is 20.9 Å². The molecule has 23 heavy (non-hydrogen) atoms. The van der Waals surface area contributed by atoms with E-state index in [0.29, 0.717) is 26.1 Å². The predicted molar refractivity (Wildman–Crippen MR) is 87.0 cm³/mol. The van der Waals surface area contributed by atoms with Gasteiger partial charge in [-0.25, -0.2) is 4.79 Å². The molecule has 1 aromatic carbocycles. The number of aldehydes is 1. The number of carbonyl (C=O) groups excluding carboxylic acids is 2. The van der Waals surface area contributed by atoms with E-state index in [2.05, 4.69) is 0 Å². The molecule has 0 aliphatic carbocycles. The third-order valence-corrected chi connectivity index (χ3v) is 3.74. The van der Waals surface area contributed by atoms with Gasteiger partial charge in [0.15, 0.2) is 0 Å². The van der Waals surface area contributed by atoms with Crippen LogP contribution in [-0.4, -0.2) is 42.1 Å². The molecule has 1 fully saturated rings. The lowest BCUT2D eigenvalue weighted by molar-refractivity contribution is -0.109. The minimum absolute atomic E-state index is 0.0173. The summed E-state index contributed by atoms with van der Waals surface area (Å²) in [5.41, 5.74) is 0.549. The highest BCUT2D eigenvalue weighted by atomic mass is 16.6. The summed E-state index contributed by atoms with van der Waals surface area (Å²) >= 11 is 0. The van der Waals surface area contributed by atoms with E-state index >= 15 is 0 Å². The minimum Gasteiger partial charge on any atom is -0.444 e. The molecule has 0 saturated carbocycles. The van der Waals surface area contributed by atoms with Gasteiger partial charge in [0.05, 0.1) is 19.3 Å². The Morgan fingerprint density at radius 1 is 1.26 bits per heavy atom. The summed E-state index contributed by atoms with van der Waals surface area (Å²) < 4.78 is 11.4. The Labute approximate surface area is 137 Å². The van der Waals surface area contributed by atoms with E-state index in [0.717, 1.165) is 11.8 Å². The fraction of sp³-hybridized carbons (Fsp3) is 0.556. The van der Waals surface area contributed by atoms with Gasteiger partial charge >= 0.3 is 6.09 Å². The topological polar surface area (TPSA) is 55.8 Å². The third kappa shape index (κ3) is 5.36. The Bertz CT molecular complexity index is 524. The zero-order valence-corrected chi connectivity index (χ0v) is 14.0. The molecule has 5 heteroatoms. The monoisotopic (exact) mass is 319 g/mol. The van der Waals surface area contributed by atoms with Gasteiger partial charge in [0.25, 0.3) is 0 Å². The van der Waals surface area contributed by atoms with E-state index < -0.39 is 5.60 Å². The summed E-state index contributed by atoms with van der Waals surface area (Å²) in [4.78, 5) is 24.7. The fourth-order valence-corrected chi connectivity index (χ4v) is 2.63. The van der Waals surface area contributed by atoms with E-state index in [9.17, 15) is 9.59 Å². The highest BCUT2D eigenvalue weighted by Gasteiger charge is 2.37. The summed E-state index contributed by atoms with van der Waals surface area (Å²) in [6.07, 6.45) is 0.785. The predicted octanol–water partition coefficient (Wildman–Crippen LogP) is 3.03. The van der Waals surface area contributed by atoms with Crippen molar-refractivity contribution >= 4 is 12.4 Å². The van der Waals surface area contributed by atoms with Crippen LogP contribution in [0.3, 0.4) is 0 Å². The first-order valence-electron chi connectivity index (χ1n) is 7.96. The molecule has 0 bridgehead atoms. The lowest BCUT2D eigenvalue weighted by Crippen LogP contribution is -2.36. The van der Waals surface area contributed by atoms with Crippen molar-refractivity contribution in [3.63, 3.8) is 0 Å². The first-order chi connectivity index (χ1) is 10.9. The van der Waals surface area contributed by atoms with Gasteiger partial charge in [-0.1, -0.05) is 30.3 Å². The number of ether oxygens (including phenoxy) is 2. The average Bonchev–Trinajstić information content (AvgIpc) is 2.88. The Morgan fingerprint density at radius 3 is 2.57 bits per heavy atom. The zero-order chi connectivity index (χ0) is 16.9. The number of likely N-dealkylation sites (tertiary alicyclic amines) is 1. The molecule has 0 unspecified atom stereocenters. The lowest BCUT2D eigenvalue weighted by Gasteiger charge is -2.24. The van der Waals surface area contributed by atoms with E-state index in [1.54, 1.807) is 4.90 Å². The van der Waals surface area contributed by atoms with Gasteiger partial charge in [0.1, 0.15) is 11.9 Å². The van der Waals surface area contributed by atoms with E-state index in [1.165, 1.54) is 0 Å². The van der Waals surface area contributed by atoms with Gasteiger partial charge in [-0.3, -0.25) is 0 Å². The number of amides is 1. The second-order valence-electron chi connectivity index (χ2n) is 6.88. The lowest BCUT2D eigenvalue weighted by atomic mass is 10.0. The van der Waals surface area contributed by atoms with E-state index in [1.807, 2.05) is 51.1 Å². The van der Waals surface area contributed by atoms with Crippen molar-refractivity contribution in [3.05, 3.63) is 35.9 Å². The number of rotatable bonds is 5. The molecule has 1 heterocycles. The van der Waals surface area contributed by atoms with Crippen molar-refractivity contribution in [2.75, 3.05) is 13.1 Å². The van der Waals surface area contributed by atoms with Crippen LogP contribution in [0.1, 0.15) is 32.8 Å². The molecule has 0 aromatic heterocycles. The average molecular weight is 319 g/mol. The van der Waals surface area contributed by atoms with E-state index in [4.69, 9.17) is 9.47 Å². The quantitative estimate of drug-likeness (QED) is 0.783. The third-order valence-electron chi connectivity index (χ3n) is 3.74. The molecular formula is C18H25NO4. The summed E-state index contributed by atoms with van der Waals surface area (Å²) in [5, 5.41) is 0. The molecule has 2 atom stereocenters. The molecular weight excluding hydrogens is 294 g/mol. The minimum atomic E-state index is -0.528. The number of hydrogen-bond acceptors (Lipinski definition) is 4. The first kappa shape index (κ1) is 17.5. The molecule has 1 aliphatic heterocycles. The molecule has 1 aromatic rings. The summed E-state index contributed by atoms with van der Waals surface area (Å²) in [7, 11) is 0. The number of carbonyl (C=O) groups is 2. The number of hydrogen-bond donors (Lipinski definition) is 0. The van der Waals surface area contributed by atoms with Crippen molar-refractivity contribution in [2.45, 2.75) is 45.5 Å². The summed E-state index contributed by atoms with van der Waals surface area (Å²) in [6.45, 7) is 6.95. The highest BCUT2D eigenvalue weighted by molar-refractivity contribution is 5.68. The van der Waals surface area contributed by atoms with Crippen LogP contribution in [0.5, 0.6) is 0 Å². The molecule has 0 N–H and O–H groups in total. The van der Waals surface area contributed by atoms with Crippen LogP contribution in [0.2, 0.25) is 0 Å². The van der Waals surface area contributed by atoms with Crippen LogP contribution in [0.4, 0.5) is 4.79 Å². The molecule has 5 nitrogen and oxygen atoms in total. The van der Waals surface area contributed by atoms with Crippen LogP contribution < -0.4 is 0 Å². The summed E-state index contributed by atoms with van der Waals surface area (Å²) in [5.74, 6) is 0.0173. The van der Waals surface area contributed by atoms with Crippen molar-refractivity contribution in [1.82, 2.24) is 4.90 Å². The van der Waals surface area contributed by atoms with Gasteiger partial charge < -0.3 is 19.2 Å². The maximum atomic E-state index is 12.2. The number of nitrogens with zero attached hydrogens (tertiary/aromatic N) is 1. The normalized spacial score (nSPS) is 21.3. The Morgan fingerprint density at radius 2 is 1.96 bits per heavy atom. The second kappa shape index (κ2) is 7.59. The van der Waals surface area contributed by atoms with Crippen molar-refractivity contribution in [3.8, 4) is 0 Å². The van der Waals surface area contributed by atoms with Crippen LogP contribution in [0.25, 0.3) is 0 Å². The number of benzene rings is 1. The molecule has 1 amide bonds. The summed E-state index contributed by atoms with van der Waals surface area (Å²) in [6, 6.07) is 9.87. The van der Waals surface area contributed by atoms with Gasteiger partial charge in [0, 0.05) is 18.9 Å². The Hall–Kier alpha value is -1.88. The molecule has 0 radical (unpaired) electrons. The van der Waals surface area contributed by atoms with Gasteiger partial charge in [-0.2, -0.15) is 0 Å². The smallest absolute Gasteiger partial charge is 0.410 e. The molecule has 1 aliphatic rings. The highest BCUT2D eigenvalue weighted by Crippen LogP contribution is 2.25. The Balaban J connectivity index is 1.95. The van der Waals surface area contributed by atoms with Crippen LogP contribution >= 0.6 is 0 Å². The van der Waals surface area contributed by atoms with Crippen LogP contribution in [0.15, 0.2) is 30.3 Å². The largest absolute Gasteiger partial charge is 0.444 e. The first-order valence-corrected chi connectivity index (χ1v) is 7.96. The van der Waals surface area contributed by atoms with Gasteiger partial charge in [-0.15, -0.1) is 0 Å². The molecule has 0 spiro atoms. The Kier molecular flexibility index (Phi) is 5.77. The second-order valence-corrected chi connectivity index (χ2v) is 6.88.